The Morgan fingerprint density at radius 3 is 1.64 bits per heavy atom. The van der Waals surface area contributed by atoms with Gasteiger partial charge >= 0.3 is 17.9 Å². The Balaban J connectivity index is 0.000000271. The lowest BCUT2D eigenvalue weighted by Crippen LogP contribution is -2.45. The van der Waals surface area contributed by atoms with Gasteiger partial charge in [-0.2, -0.15) is 0 Å². The summed E-state index contributed by atoms with van der Waals surface area (Å²) in [4.78, 5) is 48.3. The molecule has 260 valence electrons. The lowest BCUT2D eigenvalue weighted by atomic mass is 9.74. The van der Waals surface area contributed by atoms with Crippen LogP contribution < -0.4 is 5.32 Å². The van der Waals surface area contributed by atoms with Crippen molar-refractivity contribution in [3.05, 3.63) is 71.8 Å². The molecule has 1 amide bonds. The summed E-state index contributed by atoms with van der Waals surface area (Å²) in [6.07, 6.45) is 10.3. The van der Waals surface area contributed by atoms with Gasteiger partial charge in [0, 0.05) is 18.5 Å². The van der Waals surface area contributed by atoms with Crippen LogP contribution >= 0.6 is 0 Å². The van der Waals surface area contributed by atoms with Crippen LogP contribution in [0.25, 0.3) is 0 Å². The van der Waals surface area contributed by atoms with Gasteiger partial charge in [0.1, 0.15) is 6.54 Å². The first-order chi connectivity index (χ1) is 22.5. The fraction of sp³-hybridized carbons (Fsp3) is 0.579. The fourth-order valence-corrected chi connectivity index (χ4v) is 5.96. The summed E-state index contributed by atoms with van der Waals surface area (Å²) >= 11 is 0. The van der Waals surface area contributed by atoms with E-state index in [-0.39, 0.29) is 36.4 Å². The molecule has 2 aromatic rings. The molecule has 2 aromatic carbocycles. The van der Waals surface area contributed by atoms with Crippen LogP contribution in [-0.2, 0) is 41.7 Å². The third kappa shape index (κ3) is 14.7. The second kappa shape index (κ2) is 21.2. The number of esters is 2. The summed E-state index contributed by atoms with van der Waals surface area (Å²) in [6, 6.07) is 19.7. The monoisotopic (exact) mass is 652 g/mol. The van der Waals surface area contributed by atoms with Crippen LogP contribution in [0.3, 0.4) is 0 Å². The van der Waals surface area contributed by atoms with Gasteiger partial charge in [-0.3, -0.25) is 19.2 Å². The molecule has 0 unspecified atom stereocenters. The number of amides is 1. The molecule has 0 atom stereocenters. The van der Waals surface area contributed by atoms with Crippen molar-refractivity contribution in [1.29, 1.82) is 0 Å². The molecule has 0 spiro atoms. The lowest BCUT2D eigenvalue weighted by molar-refractivity contribution is -0.154. The number of carbonyl (C=O) groups excluding carboxylic acids is 3. The quantitative estimate of drug-likeness (QED) is 0.237. The zero-order valence-electron chi connectivity index (χ0n) is 28.9. The summed E-state index contributed by atoms with van der Waals surface area (Å²) in [5.74, 6) is -1.08. The maximum Gasteiger partial charge on any atom is 0.325 e. The van der Waals surface area contributed by atoms with Gasteiger partial charge in [0.05, 0.1) is 25.2 Å². The first-order valence-corrected chi connectivity index (χ1v) is 17.2. The van der Waals surface area contributed by atoms with E-state index in [9.17, 15) is 19.2 Å². The number of nitrogens with zero attached hydrogens (tertiary/aromatic N) is 1. The summed E-state index contributed by atoms with van der Waals surface area (Å²) in [6.45, 7) is 9.69. The molecule has 9 heteroatoms. The largest absolute Gasteiger partial charge is 0.481 e. The van der Waals surface area contributed by atoms with Gasteiger partial charge in [0.2, 0.25) is 5.91 Å². The Kier molecular flexibility index (Phi) is 17.8. The van der Waals surface area contributed by atoms with Gasteiger partial charge in [0.25, 0.3) is 0 Å². The van der Waals surface area contributed by atoms with Crippen molar-refractivity contribution in [3.8, 4) is 0 Å². The van der Waals surface area contributed by atoms with Crippen molar-refractivity contribution < 1.29 is 33.8 Å². The molecule has 4 rings (SSSR count). The van der Waals surface area contributed by atoms with E-state index in [0.29, 0.717) is 26.3 Å². The van der Waals surface area contributed by atoms with E-state index in [1.165, 1.54) is 12.8 Å². The second-order valence-corrected chi connectivity index (χ2v) is 12.9. The predicted molar refractivity (Wildman–Crippen MR) is 183 cm³/mol. The predicted octanol–water partition coefficient (Wildman–Crippen LogP) is 6.93. The van der Waals surface area contributed by atoms with Crippen molar-refractivity contribution in [3.63, 3.8) is 0 Å². The van der Waals surface area contributed by atoms with E-state index < -0.39 is 11.4 Å². The molecule has 0 aromatic heterocycles. The van der Waals surface area contributed by atoms with Crippen molar-refractivity contribution in [2.45, 2.75) is 105 Å². The standard InChI is InChI=1S/C19H27NO3.C11H15NO2.C8H14O2/c1-3-23-17(21)15-20(14-16-10-6-4-7-11-16)18(22)19(2)12-8-5-9-13-19;1-2-14-11(13)9-12-8-10-6-4-3-5-7-10;1-8(7(9)10)5-3-2-4-6-8/h4,6-7,10-11H,3,5,8-9,12-15H2,1-2H3;3-7,12H,2,8-9H2,1H3;2-6H2,1H3,(H,9,10). The molecule has 0 radical (unpaired) electrons. The molecule has 2 N–H and O–H groups in total. The van der Waals surface area contributed by atoms with Gasteiger partial charge in [0.15, 0.2) is 0 Å². The molecular formula is C38H56N2O7. The first kappa shape index (κ1) is 39.5. The fourth-order valence-electron chi connectivity index (χ4n) is 5.96. The molecule has 2 fully saturated rings. The Bertz CT molecular complexity index is 1210. The number of carboxylic acid groups (broad SMARTS) is 1. The van der Waals surface area contributed by atoms with Gasteiger partial charge in [-0.25, -0.2) is 0 Å². The highest BCUT2D eigenvalue weighted by Crippen LogP contribution is 2.38. The minimum Gasteiger partial charge on any atom is -0.481 e. The Morgan fingerprint density at radius 1 is 0.702 bits per heavy atom. The van der Waals surface area contributed by atoms with Crippen LogP contribution in [0.15, 0.2) is 60.7 Å². The van der Waals surface area contributed by atoms with Crippen LogP contribution in [0, 0.1) is 10.8 Å². The van der Waals surface area contributed by atoms with Crippen LogP contribution in [0.2, 0.25) is 0 Å². The number of carbonyl (C=O) groups is 4. The summed E-state index contributed by atoms with van der Waals surface area (Å²) in [5, 5.41) is 11.8. The van der Waals surface area contributed by atoms with Crippen molar-refractivity contribution in [2.24, 2.45) is 10.8 Å². The Labute approximate surface area is 281 Å². The maximum atomic E-state index is 13.1. The van der Waals surface area contributed by atoms with Crippen molar-refractivity contribution in [1.82, 2.24) is 10.2 Å². The highest BCUT2D eigenvalue weighted by molar-refractivity contribution is 5.86. The summed E-state index contributed by atoms with van der Waals surface area (Å²) in [5.41, 5.74) is 1.44. The molecule has 2 aliphatic rings. The Hall–Kier alpha value is -3.72. The van der Waals surface area contributed by atoms with Crippen molar-refractivity contribution >= 4 is 23.8 Å². The van der Waals surface area contributed by atoms with Crippen LogP contribution in [0.4, 0.5) is 0 Å². The first-order valence-electron chi connectivity index (χ1n) is 17.2. The minimum atomic E-state index is -0.618. The van der Waals surface area contributed by atoms with E-state index in [2.05, 4.69) is 5.32 Å². The molecule has 0 aliphatic heterocycles. The number of nitrogens with one attached hydrogen (secondary N) is 1. The van der Waals surface area contributed by atoms with Gasteiger partial charge in [-0.1, -0.05) is 106 Å². The highest BCUT2D eigenvalue weighted by Gasteiger charge is 2.38. The van der Waals surface area contributed by atoms with E-state index in [1.54, 1.807) is 18.7 Å². The van der Waals surface area contributed by atoms with E-state index >= 15 is 0 Å². The van der Waals surface area contributed by atoms with Gasteiger partial charge in [-0.15, -0.1) is 0 Å². The topological polar surface area (TPSA) is 122 Å². The Morgan fingerprint density at radius 2 is 1.17 bits per heavy atom. The van der Waals surface area contributed by atoms with Crippen LogP contribution in [0.5, 0.6) is 0 Å². The third-order valence-corrected chi connectivity index (χ3v) is 8.82. The molecule has 2 aliphatic carbocycles. The number of aliphatic carboxylic acids is 1. The summed E-state index contributed by atoms with van der Waals surface area (Å²) < 4.78 is 9.83. The number of carboxylic acids is 1. The number of hydrogen-bond donors (Lipinski definition) is 2. The zero-order chi connectivity index (χ0) is 34.5. The zero-order valence-corrected chi connectivity index (χ0v) is 28.9. The van der Waals surface area contributed by atoms with Crippen molar-refractivity contribution in [2.75, 3.05) is 26.3 Å². The molecule has 47 heavy (non-hydrogen) atoms. The second-order valence-electron chi connectivity index (χ2n) is 12.9. The van der Waals surface area contributed by atoms with E-state index in [4.69, 9.17) is 14.6 Å². The number of ether oxygens (including phenoxy) is 2. The smallest absolute Gasteiger partial charge is 0.325 e. The minimum absolute atomic E-state index is 0.0250. The SMILES string of the molecule is CC1(C(=O)O)CCCCC1.CCOC(=O)CN(Cc1ccccc1)C(=O)C1(C)CCCCC1.CCOC(=O)CNCc1ccccc1. The van der Waals surface area contributed by atoms with Gasteiger partial charge in [-0.05, 0) is 57.6 Å². The maximum absolute atomic E-state index is 13.1. The molecule has 2 saturated carbocycles. The highest BCUT2D eigenvalue weighted by atomic mass is 16.5. The van der Waals surface area contributed by atoms with Crippen LogP contribution in [-0.4, -0.2) is 60.1 Å². The van der Waals surface area contributed by atoms with E-state index in [1.807, 2.05) is 74.5 Å². The molecular weight excluding hydrogens is 596 g/mol. The lowest BCUT2D eigenvalue weighted by Gasteiger charge is -2.36. The number of hydrogen-bond acceptors (Lipinski definition) is 7. The number of benzene rings is 2. The third-order valence-electron chi connectivity index (χ3n) is 8.82. The average molecular weight is 653 g/mol. The average Bonchev–Trinajstić information content (AvgIpc) is 3.07. The van der Waals surface area contributed by atoms with Gasteiger partial charge < -0.3 is 24.8 Å². The molecule has 0 heterocycles. The molecule has 0 saturated heterocycles. The summed E-state index contributed by atoms with van der Waals surface area (Å²) in [7, 11) is 0. The number of rotatable bonds is 12. The normalized spacial score (nSPS) is 16.2. The van der Waals surface area contributed by atoms with Crippen LogP contribution in [0.1, 0.15) is 103 Å². The van der Waals surface area contributed by atoms with E-state index in [0.717, 1.165) is 62.5 Å². The molecule has 9 nitrogen and oxygen atoms in total. The molecule has 0 bridgehead atoms.